The molecule has 1 aromatic heterocycles. The van der Waals surface area contributed by atoms with Crippen LogP contribution in [0.2, 0.25) is 5.02 Å². The van der Waals surface area contributed by atoms with Crippen molar-refractivity contribution in [2.75, 3.05) is 7.05 Å². The van der Waals surface area contributed by atoms with E-state index in [1.807, 2.05) is 19.2 Å². The van der Waals surface area contributed by atoms with Gasteiger partial charge in [-0.2, -0.15) is 0 Å². The second-order valence-electron chi connectivity index (χ2n) is 5.98. The molecule has 0 atom stereocenters. The Labute approximate surface area is 129 Å². The summed E-state index contributed by atoms with van der Waals surface area (Å²) in [5.41, 5.74) is 0.649. The molecule has 2 aromatic rings. The Morgan fingerprint density at radius 2 is 2.05 bits per heavy atom. The van der Waals surface area contributed by atoms with Gasteiger partial charge in [0.15, 0.2) is 11.5 Å². The number of fused-ring (bicyclic) bond motifs is 1. The van der Waals surface area contributed by atoms with Gasteiger partial charge in [-0.25, -0.2) is 0 Å². The van der Waals surface area contributed by atoms with Crippen LogP contribution in [0.15, 0.2) is 28.7 Å². The third kappa shape index (κ3) is 2.99. The van der Waals surface area contributed by atoms with E-state index in [0.717, 1.165) is 18.2 Å². The largest absolute Gasteiger partial charge is 0.453 e. The van der Waals surface area contributed by atoms with Gasteiger partial charge in [0.1, 0.15) is 5.58 Å². The highest BCUT2D eigenvalue weighted by Crippen LogP contribution is 2.33. The molecule has 0 unspecified atom stereocenters. The van der Waals surface area contributed by atoms with Crippen LogP contribution < -0.4 is 5.32 Å². The van der Waals surface area contributed by atoms with E-state index in [2.05, 4.69) is 5.32 Å². The number of Topliss-reactive ketones (excluding diaryl/α,β-unsaturated/α-hetero) is 1. The number of nitrogens with one attached hydrogen (secondary N) is 1. The summed E-state index contributed by atoms with van der Waals surface area (Å²) >= 11 is 5.97. The zero-order valence-corrected chi connectivity index (χ0v) is 13.0. The van der Waals surface area contributed by atoms with Crippen molar-refractivity contribution in [3.8, 4) is 0 Å². The Kier molecular flexibility index (Phi) is 4.05. The van der Waals surface area contributed by atoms with E-state index < -0.39 is 0 Å². The number of ketones is 1. The molecule has 3 nitrogen and oxygen atoms in total. The van der Waals surface area contributed by atoms with Gasteiger partial charge >= 0.3 is 0 Å². The van der Waals surface area contributed by atoms with Crippen molar-refractivity contribution < 1.29 is 9.21 Å². The number of rotatable bonds is 4. The Morgan fingerprint density at radius 1 is 1.29 bits per heavy atom. The van der Waals surface area contributed by atoms with E-state index in [9.17, 15) is 4.79 Å². The van der Waals surface area contributed by atoms with Crippen LogP contribution in [-0.2, 0) is 0 Å². The number of halogens is 1. The number of furan rings is 1. The first-order chi connectivity index (χ1) is 10.1. The molecule has 112 valence electrons. The first-order valence-corrected chi connectivity index (χ1v) is 7.91. The molecule has 0 amide bonds. The van der Waals surface area contributed by atoms with Gasteiger partial charge in [0.2, 0.25) is 0 Å². The van der Waals surface area contributed by atoms with Crippen LogP contribution in [-0.4, -0.2) is 18.4 Å². The minimum atomic E-state index is -0.0635. The van der Waals surface area contributed by atoms with Gasteiger partial charge in [-0.3, -0.25) is 4.79 Å². The molecule has 1 saturated carbocycles. The van der Waals surface area contributed by atoms with Crippen LogP contribution in [0.3, 0.4) is 0 Å². The van der Waals surface area contributed by atoms with Crippen molar-refractivity contribution in [2.24, 2.45) is 0 Å². The van der Waals surface area contributed by atoms with Crippen molar-refractivity contribution >= 4 is 28.4 Å². The summed E-state index contributed by atoms with van der Waals surface area (Å²) in [6.07, 6.45) is 6.24. The lowest BCUT2D eigenvalue weighted by molar-refractivity contribution is 0.0889. The third-order valence-electron chi connectivity index (χ3n) is 4.59. The van der Waals surface area contributed by atoms with Gasteiger partial charge in [-0.1, -0.05) is 30.9 Å². The molecule has 1 heterocycles. The summed E-state index contributed by atoms with van der Waals surface area (Å²) in [5, 5.41) is 4.91. The molecular formula is C17H20ClNO2. The zero-order valence-electron chi connectivity index (χ0n) is 12.2. The van der Waals surface area contributed by atoms with Gasteiger partial charge in [-0.15, -0.1) is 0 Å². The van der Waals surface area contributed by atoms with E-state index in [0.29, 0.717) is 22.8 Å². The Morgan fingerprint density at radius 3 is 2.76 bits per heavy atom. The van der Waals surface area contributed by atoms with E-state index in [4.69, 9.17) is 16.0 Å². The maximum Gasteiger partial charge on any atom is 0.199 e. The van der Waals surface area contributed by atoms with E-state index in [1.165, 1.54) is 19.3 Å². The predicted molar refractivity (Wildman–Crippen MR) is 85.0 cm³/mol. The molecule has 0 saturated heterocycles. The lowest BCUT2D eigenvalue weighted by Gasteiger charge is -2.36. The molecule has 3 rings (SSSR count). The lowest BCUT2D eigenvalue weighted by Crippen LogP contribution is -2.46. The molecule has 0 aliphatic heterocycles. The molecule has 1 aliphatic carbocycles. The smallest absolute Gasteiger partial charge is 0.199 e. The van der Waals surface area contributed by atoms with Crippen molar-refractivity contribution in [1.82, 2.24) is 5.32 Å². The fourth-order valence-corrected chi connectivity index (χ4v) is 3.47. The van der Waals surface area contributed by atoms with E-state index in [-0.39, 0.29) is 11.3 Å². The molecule has 0 bridgehead atoms. The molecule has 1 aliphatic rings. The number of hydrogen-bond acceptors (Lipinski definition) is 3. The highest BCUT2D eigenvalue weighted by molar-refractivity contribution is 6.31. The summed E-state index contributed by atoms with van der Waals surface area (Å²) in [5.74, 6) is 0.506. The lowest BCUT2D eigenvalue weighted by atomic mass is 9.78. The monoisotopic (exact) mass is 305 g/mol. The van der Waals surface area contributed by atoms with Crippen molar-refractivity contribution in [3.05, 3.63) is 35.0 Å². The Hall–Kier alpha value is -1.32. The normalized spacial score (nSPS) is 18.0. The second kappa shape index (κ2) is 5.82. The van der Waals surface area contributed by atoms with Crippen molar-refractivity contribution in [3.63, 3.8) is 0 Å². The molecule has 0 radical (unpaired) electrons. The van der Waals surface area contributed by atoms with Crippen LogP contribution in [0, 0.1) is 0 Å². The zero-order chi connectivity index (χ0) is 14.9. The molecule has 1 aromatic carbocycles. The summed E-state index contributed by atoms with van der Waals surface area (Å²) in [7, 11) is 1.96. The summed E-state index contributed by atoms with van der Waals surface area (Å²) in [6.45, 7) is 0. The first-order valence-electron chi connectivity index (χ1n) is 7.53. The van der Waals surface area contributed by atoms with Gasteiger partial charge < -0.3 is 9.73 Å². The molecular weight excluding hydrogens is 286 g/mol. The number of carbonyl (C=O) groups is 1. The average Bonchev–Trinajstić information content (AvgIpc) is 2.91. The quantitative estimate of drug-likeness (QED) is 0.841. The summed E-state index contributed by atoms with van der Waals surface area (Å²) in [6, 6.07) is 7.21. The second-order valence-corrected chi connectivity index (χ2v) is 6.42. The topological polar surface area (TPSA) is 42.2 Å². The molecule has 1 N–H and O–H groups in total. The highest BCUT2D eigenvalue weighted by atomic mass is 35.5. The van der Waals surface area contributed by atoms with Gasteiger partial charge in [0, 0.05) is 22.4 Å². The van der Waals surface area contributed by atoms with Gasteiger partial charge in [0.25, 0.3) is 0 Å². The maximum absolute atomic E-state index is 12.6. The molecule has 1 fully saturated rings. The summed E-state index contributed by atoms with van der Waals surface area (Å²) in [4.78, 5) is 12.6. The molecule has 21 heavy (non-hydrogen) atoms. The van der Waals surface area contributed by atoms with Crippen LogP contribution in [0.5, 0.6) is 0 Å². The predicted octanol–water partition coefficient (Wildman–Crippen LogP) is 4.58. The van der Waals surface area contributed by atoms with Crippen LogP contribution >= 0.6 is 11.6 Å². The first kappa shape index (κ1) is 14.6. The Bertz CT molecular complexity index is 656. The van der Waals surface area contributed by atoms with Crippen molar-refractivity contribution in [1.29, 1.82) is 0 Å². The van der Waals surface area contributed by atoms with Gasteiger partial charge in [0.05, 0.1) is 0 Å². The van der Waals surface area contributed by atoms with Gasteiger partial charge in [-0.05, 0) is 44.2 Å². The fourth-order valence-electron chi connectivity index (χ4n) is 3.29. The molecule has 4 heteroatoms. The maximum atomic E-state index is 12.6. The molecule has 0 spiro atoms. The number of carbonyl (C=O) groups excluding carboxylic acids is 1. The van der Waals surface area contributed by atoms with E-state index >= 15 is 0 Å². The number of hydrogen-bond donors (Lipinski definition) is 1. The Balaban J connectivity index is 1.82. The van der Waals surface area contributed by atoms with Crippen LogP contribution in [0.1, 0.15) is 49.1 Å². The van der Waals surface area contributed by atoms with E-state index in [1.54, 1.807) is 12.1 Å². The average molecular weight is 306 g/mol. The summed E-state index contributed by atoms with van der Waals surface area (Å²) < 4.78 is 5.68. The third-order valence-corrected chi connectivity index (χ3v) is 4.83. The SMILES string of the molecule is CNC1(CC(=O)c2cc3cc(Cl)ccc3o2)CCCCC1. The van der Waals surface area contributed by atoms with Crippen LogP contribution in [0.4, 0.5) is 0 Å². The minimum Gasteiger partial charge on any atom is -0.453 e. The minimum absolute atomic E-state index is 0.0635. The fraction of sp³-hybridized carbons (Fsp3) is 0.471. The van der Waals surface area contributed by atoms with Crippen LogP contribution in [0.25, 0.3) is 11.0 Å². The standard InChI is InChI=1S/C17H20ClNO2/c1-19-17(7-3-2-4-8-17)11-14(20)16-10-12-9-13(18)5-6-15(12)21-16/h5-6,9-10,19H,2-4,7-8,11H2,1H3. The van der Waals surface area contributed by atoms with Crippen molar-refractivity contribution in [2.45, 2.75) is 44.1 Å². The highest BCUT2D eigenvalue weighted by Gasteiger charge is 2.33. The number of benzene rings is 1.